The Morgan fingerprint density at radius 2 is 1.85 bits per heavy atom. The van der Waals surface area contributed by atoms with E-state index < -0.39 is 23.5 Å². The van der Waals surface area contributed by atoms with Crippen molar-refractivity contribution in [3.63, 3.8) is 0 Å². The molecule has 3 N–H and O–H groups in total. The normalized spacial score (nSPS) is 30.0. The Bertz CT molecular complexity index is 987. The SMILES string of the molecule is NC(=O)C(c1ncccn1)[N+]12CCC(CC1)[C@@H](OC(=O)C(O)(c1cccs1)C1CCCC1)C2. The number of nitrogens with two attached hydrogens (primary N) is 1. The van der Waals surface area contributed by atoms with Crippen molar-refractivity contribution in [3.8, 4) is 0 Å². The van der Waals surface area contributed by atoms with Crippen molar-refractivity contribution < 1.29 is 23.9 Å². The van der Waals surface area contributed by atoms with E-state index in [9.17, 15) is 14.7 Å². The van der Waals surface area contributed by atoms with Crippen LogP contribution in [0.3, 0.4) is 0 Å². The fraction of sp³-hybridized carbons (Fsp3) is 0.583. The number of carbonyl (C=O) groups excluding carboxylic acids is 2. The van der Waals surface area contributed by atoms with Gasteiger partial charge in [0.25, 0.3) is 5.91 Å². The molecule has 1 aliphatic carbocycles. The summed E-state index contributed by atoms with van der Waals surface area (Å²) in [4.78, 5) is 35.5. The molecule has 1 saturated carbocycles. The first-order chi connectivity index (χ1) is 15.9. The second kappa shape index (κ2) is 8.77. The molecule has 2 aromatic rings. The van der Waals surface area contributed by atoms with E-state index >= 15 is 0 Å². The molecule has 9 heteroatoms. The number of quaternary nitrogens is 1. The van der Waals surface area contributed by atoms with Crippen LogP contribution < -0.4 is 5.73 Å². The van der Waals surface area contributed by atoms with Crippen molar-refractivity contribution in [2.75, 3.05) is 19.6 Å². The lowest BCUT2D eigenvalue weighted by atomic mass is 9.80. The number of hydrogen-bond acceptors (Lipinski definition) is 7. The van der Waals surface area contributed by atoms with Crippen LogP contribution in [-0.2, 0) is 19.9 Å². The zero-order valence-electron chi connectivity index (χ0n) is 18.6. The highest BCUT2D eigenvalue weighted by molar-refractivity contribution is 7.10. The predicted molar refractivity (Wildman–Crippen MR) is 122 cm³/mol. The summed E-state index contributed by atoms with van der Waals surface area (Å²) in [5.74, 6) is -0.524. The Morgan fingerprint density at radius 3 is 2.45 bits per heavy atom. The van der Waals surface area contributed by atoms with Crippen molar-refractivity contribution >= 4 is 23.2 Å². The van der Waals surface area contributed by atoms with Crippen molar-refractivity contribution in [2.24, 2.45) is 17.6 Å². The number of piperidine rings is 3. The van der Waals surface area contributed by atoms with E-state index in [0.717, 1.165) is 51.6 Å². The Balaban J connectivity index is 1.41. The fourth-order valence-corrected chi connectivity index (χ4v) is 7.18. The van der Waals surface area contributed by atoms with Gasteiger partial charge >= 0.3 is 5.97 Å². The standard InChI is InChI=1S/C24H30N4O4S/c25-21(29)20(22-26-10-4-11-27-22)28-12-8-16(9-13-28)18(15-28)32-23(30)24(31,17-5-1-2-6-17)19-7-3-14-33-19/h3-4,7,10-11,14,16-18,20,31H,1-2,5-6,8-9,12-13,15H2,(H-,25,29)/p+1/t16?,18-,20?,24?,28?/m0/s1. The molecule has 0 spiro atoms. The summed E-state index contributed by atoms with van der Waals surface area (Å²) in [5, 5.41) is 13.6. The van der Waals surface area contributed by atoms with Crippen molar-refractivity contribution in [1.29, 1.82) is 0 Å². The largest absolute Gasteiger partial charge is 0.454 e. The quantitative estimate of drug-likeness (QED) is 0.473. The van der Waals surface area contributed by atoms with Gasteiger partial charge in [-0.3, -0.25) is 4.79 Å². The molecule has 33 heavy (non-hydrogen) atoms. The molecule has 2 bridgehead atoms. The van der Waals surface area contributed by atoms with E-state index in [0.29, 0.717) is 21.7 Å². The number of nitrogens with zero attached hydrogens (tertiary/aromatic N) is 3. The van der Waals surface area contributed by atoms with Crippen LogP contribution >= 0.6 is 11.3 Å². The highest BCUT2D eigenvalue weighted by Gasteiger charge is 2.56. The average Bonchev–Trinajstić information content (AvgIpc) is 3.55. The molecule has 176 valence electrons. The minimum atomic E-state index is -1.62. The molecular weight excluding hydrogens is 440 g/mol. The minimum Gasteiger partial charge on any atom is -0.454 e. The molecule has 3 saturated heterocycles. The summed E-state index contributed by atoms with van der Waals surface area (Å²) in [5.41, 5.74) is 4.24. The van der Waals surface area contributed by atoms with Crippen LogP contribution in [0.2, 0.25) is 0 Å². The molecule has 2 unspecified atom stereocenters. The van der Waals surface area contributed by atoms with Crippen LogP contribution in [0.5, 0.6) is 0 Å². The number of rotatable bonds is 7. The first kappa shape index (κ1) is 22.4. The summed E-state index contributed by atoms with van der Waals surface area (Å²) in [6, 6.07) is 4.71. The maximum absolute atomic E-state index is 13.6. The number of ether oxygens (including phenoxy) is 1. The van der Waals surface area contributed by atoms with Crippen LogP contribution in [0.25, 0.3) is 0 Å². The van der Waals surface area contributed by atoms with E-state index in [4.69, 9.17) is 10.5 Å². The van der Waals surface area contributed by atoms with Gasteiger partial charge in [-0.15, -0.1) is 11.3 Å². The number of primary amides is 1. The monoisotopic (exact) mass is 471 g/mol. The first-order valence-electron chi connectivity index (χ1n) is 11.8. The summed E-state index contributed by atoms with van der Waals surface area (Å²) in [6.07, 6.45) is 8.16. The Morgan fingerprint density at radius 1 is 1.15 bits per heavy atom. The number of aromatic nitrogens is 2. The van der Waals surface area contributed by atoms with Gasteiger partial charge in [0, 0.05) is 41.9 Å². The van der Waals surface area contributed by atoms with E-state index in [1.807, 2.05) is 17.5 Å². The van der Waals surface area contributed by atoms with Crippen molar-refractivity contribution in [3.05, 3.63) is 46.7 Å². The molecule has 8 nitrogen and oxygen atoms in total. The van der Waals surface area contributed by atoms with Crippen LogP contribution in [0.1, 0.15) is 55.3 Å². The molecule has 0 radical (unpaired) electrons. The lowest BCUT2D eigenvalue weighted by Crippen LogP contribution is -2.68. The predicted octanol–water partition coefficient (Wildman–Crippen LogP) is 2.29. The number of aliphatic hydroxyl groups is 1. The molecular formula is C24H31N4O4S+. The summed E-state index contributed by atoms with van der Waals surface area (Å²) in [6.45, 7) is 2.01. The topological polar surface area (TPSA) is 115 Å². The van der Waals surface area contributed by atoms with Crippen molar-refractivity contribution in [1.82, 2.24) is 9.97 Å². The molecule has 0 aromatic carbocycles. The summed E-state index contributed by atoms with van der Waals surface area (Å²) >= 11 is 1.40. The number of fused-ring (bicyclic) bond motifs is 3. The number of amides is 1. The third-order valence-electron chi connectivity index (χ3n) is 8.02. The highest BCUT2D eigenvalue weighted by atomic mass is 32.1. The van der Waals surface area contributed by atoms with Gasteiger partial charge < -0.3 is 20.1 Å². The molecule has 1 amide bonds. The zero-order chi connectivity index (χ0) is 23.1. The molecule has 2 aromatic heterocycles. The van der Waals surface area contributed by atoms with Gasteiger partial charge in [-0.25, -0.2) is 14.8 Å². The first-order valence-corrected chi connectivity index (χ1v) is 12.7. The second-order valence-corrected chi connectivity index (χ2v) is 10.7. The van der Waals surface area contributed by atoms with E-state index in [1.165, 1.54) is 11.3 Å². The Hall–Kier alpha value is -2.36. The number of hydrogen-bond donors (Lipinski definition) is 2. The number of carbonyl (C=O) groups is 2. The lowest BCUT2D eigenvalue weighted by molar-refractivity contribution is -0.965. The Labute approximate surface area is 197 Å². The molecule has 3 atom stereocenters. The second-order valence-electron chi connectivity index (χ2n) is 9.77. The van der Waals surface area contributed by atoms with Gasteiger partial charge in [0.05, 0.1) is 13.1 Å². The molecule has 4 fully saturated rings. The maximum atomic E-state index is 13.6. The van der Waals surface area contributed by atoms with Gasteiger partial charge in [0.15, 0.2) is 17.5 Å². The van der Waals surface area contributed by atoms with Gasteiger partial charge in [-0.2, -0.15) is 0 Å². The number of thiophene rings is 1. The molecule has 3 aliphatic heterocycles. The maximum Gasteiger partial charge on any atom is 0.344 e. The minimum absolute atomic E-state index is 0.135. The molecule has 5 heterocycles. The third-order valence-corrected chi connectivity index (χ3v) is 9.01. The van der Waals surface area contributed by atoms with Crippen LogP contribution in [0, 0.1) is 11.8 Å². The van der Waals surface area contributed by atoms with Crippen LogP contribution in [0.15, 0.2) is 36.0 Å². The van der Waals surface area contributed by atoms with Gasteiger partial charge in [-0.05, 0) is 30.4 Å². The fourth-order valence-electron chi connectivity index (χ4n) is 6.29. The molecule has 6 rings (SSSR count). The summed E-state index contributed by atoms with van der Waals surface area (Å²) in [7, 11) is 0. The van der Waals surface area contributed by atoms with E-state index in [-0.39, 0.29) is 17.9 Å². The Kier molecular flexibility index (Phi) is 5.96. The smallest absolute Gasteiger partial charge is 0.344 e. The third kappa shape index (κ3) is 3.86. The lowest BCUT2D eigenvalue weighted by Gasteiger charge is -2.54. The highest BCUT2D eigenvalue weighted by Crippen LogP contribution is 2.46. The average molecular weight is 472 g/mol. The molecule has 4 aliphatic rings. The van der Waals surface area contributed by atoms with E-state index in [2.05, 4.69) is 9.97 Å². The summed E-state index contributed by atoms with van der Waals surface area (Å²) < 4.78 is 6.52. The van der Waals surface area contributed by atoms with Gasteiger partial charge in [0.2, 0.25) is 6.04 Å². The van der Waals surface area contributed by atoms with E-state index in [1.54, 1.807) is 18.5 Å². The van der Waals surface area contributed by atoms with Gasteiger partial charge in [-0.1, -0.05) is 18.9 Å². The van der Waals surface area contributed by atoms with Gasteiger partial charge in [0.1, 0.15) is 6.54 Å². The van der Waals surface area contributed by atoms with Crippen molar-refractivity contribution in [2.45, 2.75) is 56.3 Å². The van der Waals surface area contributed by atoms with Crippen LogP contribution in [-0.4, -0.2) is 57.2 Å². The zero-order valence-corrected chi connectivity index (χ0v) is 19.5. The number of esters is 1. The van der Waals surface area contributed by atoms with Crippen LogP contribution in [0.4, 0.5) is 0 Å².